The zero-order valence-corrected chi connectivity index (χ0v) is 17.3. The quantitative estimate of drug-likeness (QED) is 0.534. The van der Waals surface area contributed by atoms with Crippen LogP contribution in [0.1, 0.15) is 25.7 Å². The highest BCUT2D eigenvalue weighted by atomic mass is 16.5. The second kappa shape index (κ2) is 7.52. The summed E-state index contributed by atoms with van der Waals surface area (Å²) in [6, 6.07) is 12.3. The van der Waals surface area contributed by atoms with Crippen LogP contribution in [0.3, 0.4) is 0 Å². The SMILES string of the molecule is COc1ccn2ccnc2c1.Nc1nccc2c(N3CCC4(CCC4)C3)cccc12. The van der Waals surface area contributed by atoms with Crippen LogP contribution in [0.4, 0.5) is 11.5 Å². The van der Waals surface area contributed by atoms with Crippen LogP contribution in [-0.2, 0) is 0 Å². The monoisotopic (exact) mass is 401 g/mol. The van der Waals surface area contributed by atoms with Gasteiger partial charge in [-0.3, -0.25) is 0 Å². The van der Waals surface area contributed by atoms with E-state index in [0.29, 0.717) is 11.2 Å². The van der Waals surface area contributed by atoms with Crippen LogP contribution < -0.4 is 15.4 Å². The minimum atomic E-state index is 0.626. The molecule has 30 heavy (non-hydrogen) atoms. The molecule has 6 nitrogen and oxygen atoms in total. The number of aromatic nitrogens is 3. The first kappa shape index (κ1) is 18.7. The van der Waals surface area contributed by atoms with Crippen molar-refractivity contribution < 1.29 is 4.74 Å². The Morgan fingerprint density at radius 2 is 1.90 bits per heavy atom. The number of pyridine rings is 2. The third-order valence-electron chi connectivity index (χ3n) is 6.61. The number of methoxy groups -OCH3 is 1. The van der Waals surface area contributed by atoms with E-state index in [9.17, 15) is 0 Å². The molecule has 1 aliphatic carbocycles. The number of nitrogens with zero attached hydrogens (tertiary/aromatic N) is 4. The van der Waals surface area contributed by atoms with Crippen molar-refractivity contribution in [2.45, 2.75) is 25.7 Å². The van der Waals surface area contributed by atoms with Crippen molar-refractivity contribution >= 4 is 27.9 Å². The van der Waals surface area contributed by atoms with Gasteiger partial charge in [-0.25, -0.2) is 9.97 Å². The molecule has 2 aliphatic rings. The Kier molecular flexibility index (Phi) is 4.69. The summed E-state index contributed by atoms with van der Waals surface area (Å²) in [7, 11) is 1.65. The van der Waals surface area contributed by atoms with Gasteiger partial charge in [-0.2, -0.15) is 0 Å². The van der Waals surface area contributed by atoms with Crippen molar-refractivity contribution in [3.8, 4) is 5.75 Å². The van der Waals surface area contributed by atoms with Crippen molar-refractivity contribution in [2.75, 3.05) is 30.8 Å². The van der Waals surface area contributed by atoms with Crippen molar-refractivity contribution in [1.82, 2.24) is 14.4 Å². The van der Waals surface area contributed by atoms with Gasteiger partial charge in [0.2, 0.25) is 0 Å². The third kappa shape index (κ3) is 3.32. The van der Waals surface area contributed by atoms with E-state index in [0.717, 1.165) is 16.8 Å². The van der Waals surface area contributed by atoms with Gasteiger partial charge in [-0.1, -0.05) is 18.6 Å². The summed E-state index contributed by atoms with van der Waals surface area (Å²) in [5, 5.41) is 2.32. The molecular weight excluding hydrogens is 374 g/mol. The third-order valence-corrected chi connectivity index (χ3v) is 6.61. The number of hydrogen-bond acceptors (Lipinski definition) is 5. The smallest absolute Gasteiger partial charge is 0.140 e. The summed E-state index contributed by atoms with van der Waals surface area (Å²) in [5.41, 5.74) is 8.85. The number of rotatable bonds is 2. The summed E-state index contributed by atoms with van der Waals surface area (Å²) in [5.74, 6) is 1.47. The predicted molar refractivity (Wildman–Crippen MR) is 121 cm³/mol. The van der Waals surface area contributed by atoms with Gasteiger partial charge in [0.25, 0.3) is 0 Å². The number of nitrogens with two attached hydrogens (primary N) is 1. The first-order chi connectivity index (χ1) is 14.7. The summed E-state index contributed by atoms with van der Waals surface area (Å²) in [6.45, 7) is 2.40. The molecule has 4 heterocycles. The maximum Gasteiger partial charge on any atom is 0.140 e. The van der Waals surface area contributed by atoms with Gasteiger partial charge in [-0.05, 0) is 42.9 Å². The number of nitrogen functional groups attached to an aromatic ring is 1. The van der Waals surface area contributed by atoms with Crippen LogP contribution in [0.2, 0.25) is 0 Å². The Hall–Kier alpha value is -3.28. The Balaban J connectivity index is 0.000000149. The van der Waals surface area contributed by atoms with Crippen LogP contribution >= 0.6 is 0 Å². The van der Waals surface area contributed by atoms with E-state index in [1.807, 2.05) is 35.1 Å². The van der Waals surface area contributed by atoms with Crippen molar-refractivity contribution in [3.63, 3.8) is 0 Å². The lowest BCUT2D eigenvalue weighted by Gasteiger charge is -2.38. The standard InChI is InChI=1S/C16H19N3.C8H8N2O/c17-15-13-3-1-4-14(12(13)5-9-18-15)19-10-8-16(11-19)6-2-7-16;1-11-7-2-4-10-5-3-9-8(10)6-7/h1,3-5,9H,2,6-8,10-11H2,(H2,17,18);2-6H,1H3. The van der Waals surface area contributed by atoms with E-state index in [1.165, 1.54) is 49.8 Å². The molecule has 0 unspecified atom stereocenters. The molecule has 6 rings (SSSR count). The molecule has 0 radical (unpaired) electrons. The van der Waals surface area contributed by atoms with E-state index in [4.69, 9.17) is 10.5 Å². The zero-order valence-electron chi connectivity index (χ0n) is 17.3. The molecule has 1 spiro atoms. The lowest BCUT2D eigenvalue weighted by molar-refractivity contribution is 0.165. The van der Waals surface area contributed by atoms with E-state index >= 15 is 0 Å². The molecule has 1 saturated heterocycles. The van der Waals surface area contributed by atoms with E-state index in [-0.39, 0.29) is 0 Å². The molecular formula is C24H27N5O. The highest BCUT2D eigenvalue weighted by Crippen LogP contribution is 2.49. The lowest BCUT2D eigenvalue weighted by atomic mass is 9.68. The molecule has 6 heteroatoms. The average molecular weight is 402 g/mol. The van der Waals surface area contributed by atoms with E-state index in [1.54, 1.807) is 13.3 Å². The number of anilines is 2. The Labute approximate surface area is 176 Å². The van der Waals surface area contributed by atoms with Gasteiger partial charge >= 0.3 is 0 Å². The van der Waals surface area contributed by atoms with Crippen molar-refractivity contribution in [1.29, 1.82) is 0 Å². The molecule has 1 aromatic carbocycles. The molecule has 154 valence electrons. The molecule has 3 aromatic heterocycles. The van der Waals surface area contributed by atoms with Crippen LogP contribution in [0, 0.1) is 5.41 Å². The Morgan fingerprint density at radius 1 is 1.00 bits per heavy atom. The fourth-order valence-corrected chi connectivity index (χ4v) is 4.73. The predicted octanol–water partition coefficient (Wildman–Crippen LogP) is 4.54. The second-order valence-electron chi connectivity index (χ2n) is 8.35. The topological polar surface area (TPSA) is 68.7 Å². The second-order valence-corrected chi connectivity index (χ2v) is 8.35. The minimum Gasteiger partial charge on any atom is -0.497 e. The van der Waals surface area contributed by atoms with Crippen molar-refractivity contribution in [2.24, 2.45) is 5.41 Å². The molecule has 2 fully saturated rings. The number of hydrogen-bond donors (Lipinski definition) is 1. The van der Waals surface area contributed by atoms with Gasteiger partial charge < -0.3 is 19.8 Å². The summed E-state index contributed by atoms with van der Waals surface area (Å²) < 4.78 is 6.97. The lowest BCUT2D eigenvalue weighted by Crippen LogP contribution is -2.33. The molecule has 0 bridgehead atoms. The van der Waals surface area contributed by atoms with Gasteiger partial charge in [0.05, 0.1) is 7.11 Å². The van der Waals surface area contributed by atoms with Gasteiger partial charge in [0.15, 0.2) is 0 Å². The molecule has 0 atom stereocenters. The summed E-state index contributed by atoms with van der Waals surface area (Å²) in [6.07, 6.45) is 13.0. The van der Waals surface area contributed by atoms with Gasteiger partial charge in [0.1, 0.15) is 17.2 Å². The maximum atomic E-state index is 5.98. The van der Waals surface area contributed by atoms with Crippen LogP contribution in [0.5, 0.6) is 5.75 Å². The number of benzene rings is 1. The van der Waals surface area contributed by atoms with E-state index < -0.39 is 0 Å². The maximum absolute atomic E-state index is 5.98. The highest BCUT2D eigenvalue weighted by molar-refractivity contribution is 5.99. The number of fused-ring (bicyclic) bond motifs is 2. The van der Waals surface area contributed by atoms with Crippen LogP contribution in [0.15, 0.2) is 61.2 Å². The van der Waals surface area contributed by atoms with Crippen LogP contribution in [-0.4, -0.2) is 34.6 Å². The fraction of sp³-hybridized carbons (Fsp3) is 0.333. The van der Waals surface area contributed by atoms with Gasteiger partial charge in [0, 0.05) is 60.4 Å². The summed E-state index contributed by atoms with van der Waals surface area (Å²) >= 11 is 0. The fourth-order valence-electron chi connectivity index (χ4n) is 4.73. The van der Waals surface area contributed by atoms with Gasteiger partial charge in [-0.15, -0.1) is 0 Å². The Morgan fingerprint density at radius 3 is 2.67 bits per heavy atom. The Bertz CT molecular complexity index is 1180. The largest absolute Gasteiger partial charge is 0.497 e. The number of imidazole rings is 1. The van der Waals surface area contributed by atoms with Crippen LogP contribution in [0.25, 0.3) is 16.4 Å². The molecule has 4 aromatic rings. The highest BCUT2D eigenvalue weighted by Gasteiger charge is 2.42. The first-order valence-corrected chi connectivity index (χ1v) is 10.5. The summed E-state index contributed by atoms with van der Waals surface area (Å²) in [4.78, 5) is 10.8. The minimum absolute atomic E-state index is 0.626. The number of ether oxygens (including phenoxy) is 1. The van der Waals surface area contributed by atoms with Crippen molar-refractivity contribution in [3.05, 3.63) is 61.2 Å². The molecule has 0 amide bonds. The zero-order chi connectivity index (χ0) is 20.6. The van der Waals surface area contributed by atoms with E-state index in [2.05, 4.69) is 39.1 Å². The average Bonchev–Trinajstić information content (AvgIpc) is 3.41. The molecule has 1 saturated carbocycles. The molecule has 1 aliphatic heterocycles. The molecule has 2 N–H and O–H groups in total. The first-order valence-electron chi connectivity index (χ1n) is 10.5. The normalized spacial score (nSPS) is 17.0.